The Kier molecular flexibility index (Phi) is 4.84. The molecule has 0 spiro atoms. The van der Waals surface area contributed by atoms with Crippen molar-refractivity contribution in [3.63, 3.8) is 0 Å². The third-order valence-electron chi connectivity index (χ3n) is 3.52. The van der Waals surface area contributed by atoms with E-state index in [-0.39, 0.29) is 5.78 Å². The monoisotopic (exact) mass is 362 g/mol. The number of rotatable bonds is 4. The van der Waals surface area contributed by atoms with Crippen LogP contribution in [0.1, 0.15) is 15.9 Å². The van der Waals surface area contributed by atoms with Gasteiger partial charge in [-0.2, -0.15) is 0 Å². The van der Waals surface area contributed by atoms with E-state index in [1.165, 1.54) is 0 Å². The zero-order valence-electron chi connectivity index (χ0n) is 12.4. The lowest BCUT2D eigenvalue weighted by Gasteiger charge is -2.05. The standard InChI is InChI=1S/C21H15BrO/c22-20-14-18(17-9-5-2-6-10-17)13-19(15-20)21(23)12-11-16-7-3-1-4-8-16/h1-15H. The molecule has 0 aliphatic carbocycles. The Morgan fingerprint density at radius 2 is 1.43 bits per heavy atom. The lowest BCUT2D eigenvalue weighted by Crippen LogP contribution is -1.95. The van der Waals surface area contributed by atoms with Crippen molar-refractivity contribution in [1.82, 2.24) is 0 Å². The van der Waals surface area contributed by atoms with Gasteiger partial charge in [-0.3, -0.25) is 4.79 Å². The van der Waals surface area contributed by atoms with Crippen LogP contribution in [0.5, 0.6) is 0 Å². The molecule has 0 heterocycles. The molecule has 0 unspecified atom stereocenters. The molecule has 0 radical (unpaired) electrons. The van der Waals surface area contributed by atoms with Gasteiger partial charge >= 0.3 is 0 Å². The van der Waals surface area contributed by atoms with Gasteiger partial charge in [-0.25, -0.2) is 0 Å². The van der Waals surface area contributed by atoms with Crippen LogP contribution >= 0.6 is 15.9 Å². The first kappa shape index (κ1) is 15.4. The average Bonchev–Trinajstić information content (AvgIpc) is 2.61. The topological polar surface area (TPSA) is 17.1 Å². The van der Waals surface area contributed by atoms with E-state index in [4.69, 9.17) is 0 Å². The lowest BCUT2D eigenvalue weighted by atomic mass is 10.0. The van der Waals surface area contributed by atoms with Crippen LogP contribution in [0.15, 0.2) is 89.4 Å². The maximum Gasteiger partial charge on any atom is 0.185 e. The van der Waals surface area contributed by atoms with Gasteiger partial charge in [0.15, 0.2) is 5.78 Å². The molecular weight excluding hydrogens is 348 g/mol. The third kappa shape index (κ3) is 4.05. The fourth-order valence-electron chi connectivity index (χ4n) is 2.36. The molecule has 0 aromatic heterocycles. The van der Waals surface area contributed by atoms with Crippen molar-refractivity contribution in [3.8, 4) is 11.1 Å². The number of hydrogen-bond donors (Lipinski definition) is 0. The summed E-state index contributed by atoms with van der Waals surface area (Å²) in [6, 6.07) is 25.7. The SMILES string of the molecule is O=C(C=Cc1ccccc1)c1cc(Br)cc(-c2ccccc2)c1. The molecule has 3 aromatic carbocycles. The first-order chi connectivity index (χ1) is 11.2. The van der Waals surface area contributed by atoms with Gasteiger partial charge in [0.05, 0.1) is 0 Å². The molecule has 0 N–H and O–H groups in total. The van der Waals surface area contributed by atoms with Crippen LogP contribution in [0.2, 0.25) is 0 Å². The molecule has 0 fully saturated rings. The highest BCUT2D eigenvalue weighted by Gasteiger charge is 2.07. The van der Waals surface area contributed by atoms with Crippen molar-refractivity contribution < 1.29 is 4.79 Å². The fraction of sp³-hybridized carbons (Fsp3) is 0. The van der Waals surface area contributed by atoms with Gasteiger partial charge in [-0.15, -0.1) is 0 Å². The Balaban J connectivity index is 1.89. The van der Waals surface area contributed by atoms with Gasteiger partial charge in [0.2, 0.25) is 0 Å². The minimum atomic E-state index is -0.00710. The number of carbonyl (C=O) groups excluding carboxylic acids is 1. The third-order valence-corrected chi connectivity index (χ3v) is 3.97. The van der Waals surface area contributed by atoms with Crippen LogP contribution in [0.3, 0.4) is 0 Å². The molecule has 0 aliphatic rings. The molecule has 3 rings (SSSR count). The highest BCUT2D eigenvalue weighted by atomic mass is 79.9. The van der Waals surface area contributed by atoms with Crippen LogP contribution in [0.25, 0.3) is 17.2 Å². The van der Waals surface area contributed by atoms with Crippen LogP contribution in [-0.4, -0.2) is 5.78 Å². The molecule has 3 aromatic rings. The fourth-order valence-corrected chi connectivity index (χ4v) is 2.85. The molecule has 23 heavy (non-hydrogen) atoms. The average molecular weight is 363 g/mol. The van der Waals surface area contributed by atoms with E-state index in [1.807, 2.05) is 84.9 Å². The normalized spacial score (nSPS) is 10.8. The van der Waals surface area contributed by atoms with Gasteiger partial charge in [0.25, 0.3) is 0 Å². The van der Waals surface area contributed by atoms with E-state index in [9.17, 15) is 4.79 Å². The van der Waals surface area contributed by atoms with Gasteiger partial charge in [0.1, 0.15) is 0 Å². The highest BCUT2D eigenvalue weighted by Crippen LogP contribution is 2.25. The predicted octanol–water partition coefficient (Wildman–Crippen LogP) is 6.01. The molecule has 2 heteroatoms. The first-order valence-electron chi connectivity index (χ1n) is 7.36. The summed E-state index contributed by atoms with van der Waals surface area (Å²) in [6.07, 6.45) is 3.46. The van der Waals surface area contributed by atoms with Crippen LogP contribution in [0, 0.1) is 0 Å². The zero-order valence-corrected chi connectivity index (χ0v) is 14.0. The molecule has 112 valence electrons. The summed E-state index contributed by atoms with van der Waals surface area (Å²) >= 11 is 3.50. The summed E-state index contributed by atoms with van der Waals surface area (Å²) in [6.45, 7) is 0. The van der Waals surface area contributed by atoms with Crippen molar-refractivity contribution in [2.24, 2.45) is 0 Å². The van der Waals surface area contributed by atoms with Crippen molar-refractivity contribution in [3.05, 3.63) is 101 Å². The zero-order chi connectivity index (χ0) is 16.1. The largest absolute Gasteiger partial charge is 0.289 e. The van der Waals surface area contributed by atoms with E-state index >= 15 is 0 Å². The number of halogens is 1. The molecule has 0 saturated heterocycles. The maximum atomic E-state index is 12.4. The molecule has 0 bridgehead atoms. The molecule has 0 aliphatic heterocycles. The summed E-state index contributed by atoms with van der Waals surface area (Å²) in [5.41, 5.74) is 3.80. The second-order valence-electron chi connectivity index (χ2n) is 5.20. The maximum absolute atomic E-state index is 12.4. The van der Waals surface area contributed by atoms with E-state index in [0.717, 1.165) is 21.2 Å². The molecule has 0 saturated carbocycles. The Morgan fingerprint density at radius 1 is 0.783 bits per heavy atom. The smallest absolute Gasteiger partial charge is 0.185 e. The van der Waals surface area contributed by atoms with Crippen molar-refractivity contribution in [1.29, 1.82) is 0 Å². The van der Waals surface area contributed by atoms with Crippen LogP contribution in [-0.2, 0) is 0 Å². The van der Waals surface area contributed by atoms with E-state index in [1.54, 1.807) is 6.08 Å². The minimum absolute atomic E-state index is 0.00710. The molecular formula is C21H15BrO. The van der Waals surface area contributed by atoms with Crippen LogP contribution < -0.4 is 0 Å². The van der Waals surface area contributed by atoms with E-state index in [0.29, 0.717) is 5.56 Å². The lowest BCUT2D eigenvalue weighted by molar-refractivity contribution is 0.104. The molecule has 0 amide bonds. The minimum Gasteiger partial charge on any atom is -0.289 e. The van der Waals surface area contributed by atoms with E-state index < -0.39 is 0 Å². The van der Waals surface area contributed by atoms with E-state index in [2.05, 4.69) is 15.9 Å². The molecule has 1 nitrogen and oxygen atoms in total. The number of allylic oxidation sites excluding steroid dienone is 1. The molecule has 0 atom stereocenters. The van der Waals surface area contributed by atoms with Gasteiger partial charge in [-0.1, -0.05) is 82.7 Å². The van der Waals surface area contributed by atoms with Gasteiger partial charge in [0, 0.05) is 10.0 Å². The Hall–Kier alpha value is -2.45. The Bertz CT molecular complexity index is 836. The summed E-state index contributed by atoms with van der Waals surface area (Å²) in [5.74, 6) is -0.00710. The number of ketones is 1. The quantitative estimate of drug-likeness (QED) is 0.410. The van der Waals surface area contributed by atoms with Crippen LogP contribution in [0.4, 0.5) is 0 Å². The first-order valence-corrected chi connectivity index (χ1v) is 8.15. The second kappa shape index (κ2) is 7.21. The second-order valence-corrected chi connectivity index (χ2v) is 6.12. The Labute approximate surface area is 144 Å². The summed E-state index contributed by atoms with van der Waals surface area (Å²) in [4.78, 5) is 12.4. The number of benzene rings is 3. The van der Waals surface area contributed by atoms with Crippen molar-refractivity contribution in [2.45, 2.75) is 0 Å². The van der Waals surface area contributed by atoms with Crippen molar-refractivity contribution >= 4 is 27.8 Å². The summed E-state index contributed by atoms with van der Waals surface area (Å²) < 4.78 is 0.898. The van der Waals surface area contributed by atoms with Gasteiger partial charge in [-0.05, 0) is 41.0 Å². The van der Waals surface area contributed by atoms with Gasteiger partial charge < -0.3 is 0 Å². The summed E-state index contributed by atoms with van der Waals surface area (Å²) in [5, 5.41) is 0. The predicted molar refractivity (Wildman–Crippen MR) is 99.4 cm³/mol. The Morgan fingerprint density at radius 3 is 2.13 bits per heavy atom. The van der Waals surface area contributed by atoms with Crippen molar-refractivity contribution in [2.75, 3.05) is 0 Å². The number of carbonyl (C=O) groups is 1. The highest BCUT2D eigenvalue weighted by molar-refractivity contribution is 9.10. The summed E-state index contributed by atoms with van der Waals surface area (Å²) in [7, 11) is 0. The number of hydrogen-bond acceptors (Lipinski definition) is 1.